The second-order valence-electron chi connectivity index (χ2n) is 5.10. The number of hydrogen-bond donors (Lipinski definition) is 2. The van der Waals surface area contributed by atoms with Gasteiger partial charge in [0, 0.05) is 30.5 Å². The summed E-state index contributed by atoms with van der Waals surface area (Å²) < 4.78 is 0. The van der Waals surface area contributed by atoms with Gasteiger partial charge in [0.05, 0.1) is 11.1 Å². The summed E-state index contributed by atoms with van der Waals surface area (Å²) in [7, 11) is 0. The quantitative estimate of drug-likeness (QED) is 0.759. The lowest BCUT2D eigenvalue weighted by Gasteiger charge is -2.07. The third kappa shape index (κ3) is 5.21. The third-order valence-electron chi connectivity index (χ3n) is 3.26. The lowest BCUT2D eigenvalue weighted by atomic mass is 10.1. The molecule has 1 aromatic heterocycles. The highest BCUT2D eigenvalue weighted by Crippen LogP contribution is 2.10. The van der Waals surface area contributed by atoms with Gasteiger partial charge in [-0.15, -0.1) is 6.58 Å². The predicted molar refractivity (Wildman–Crippen MR) is 94.3 cm³/mol. The van der Waals surface area contributed by atoms with Crippen LogP contribution in [0.3, 0.4) is 0 Å². The topological polar surface area (TPSA) is 71.1 Å². The zero-order chi connectivity index (χ0) is 17.4. The largest absolute Gasteiger partial charge is 0.352 e. The second kappa shape index (κ2) is 8.84. The molecular weight excluding hydrogens is 326 g/mol. The first-order valence-electron chi connectivity index (χ1n) is 7.47. The summed E-state index contributed by atoms with van der Waals surface area (Å²) >= 11 is 5.93. The fourth-order valence-electron chi connectivity index (χ4n) is 2.07. The highest BCUT2D eigenvalue weighted by Gasteiger charge is 2.10. The maximum Gasteiger partial charge on any atom is 0.253 e. The van der Waals surface area contributed by atoms with Crippen molar-refractivity contribution < 1.29 is 9.59 Å². The fraction of sp³-hybridized carbons (Fsp3) is 0.167. The van der Waals surface area contributed by atoms with Gasteiger partial charge >= 0.3 is 0 Å². The van der Waals surface area contributed by atoms with Gasteiger partial charge in [0.25, 0.3) is 11.8 Å². The molecule has 0 bridgehead atoms. The zero-order valence-corrected chi connectivity index (χ0v) is 13.8. The molecule has 0 aliphatic carbocycles. The minimum atomic E-state index is -0.295. The van der Waals surface area contributed by atoms with Gasteiger partial charge in [-0.1, -0.05) is 29.8 Å². The molecule has 0 spiro atoms. The Hall–Kier alpha value is -2.66. The Labute approximate surface area is 145 Å². The molecule has 2 N–H and O–H groups in total. The van der Waals surface area contributed by atoms with Crippen LogP contribution in [0.5, 0.6) is 0 Å². The van der Waals surface area contributed by atoms with Crippen molar-refractivity contribution in [3.05, 3.63) is 77.1 Å². The van der Waals surface area contributed by atoms with Gasteiger partial charge in [0.2, 0.25) is 0 Å². The van der Waals surface area contributed by atoms with Crippen molar-refractivity contribution >= 4 is 23.4 Å². The normalized spacial score (nSPS) is 10.0. The van der Waals surface area contributed by atoms with Crippen molar-refractivity contribution in [3.8, 4) is 0 Å². The van der Waals surface area contributed by atoms with Crippen molar-refractivity contribution in [2.75, 3.05) is 13.1 Å². The molecule has 1 heterocycles. The van der Waals surface area contributed by atoms with Crippen LogP contribution in [-0.4, -0.2) is 29.9 Å². The SMILES string of the molecule is C=CCNC(=O)c1cncc(C(=O)NCCc2cccc(Cl)c2)c1. The van der Waals surface area contributed by atoms with Crippen LogP contribution in [0.1, 0.15) is 26.3 Å². The van der Waals surface area contributed by atoms with Gasteiger partial charge in [0.15, 0.2) is 0 Å². The van der Waals surface area contributed by atoms with E-state index in [2.05, 4.69) is 22.2 Å². The van der Waals surface area contributed by atoms with Crippen LogP contribution in [0.25, 0.3) is 0 Å². The van der Waals surface area contributed by atoms with Crippen LogP contribution in [-0.2, 0) is 6.42 Å². The molecule has 0 atom stereocenters. The Morgan fingerprint density at radius 1 is 1.12 bits per heavy atom. The molecule has 0 aliphatic rings. The number of hydrogen-bond acceptors (Lipinski definition) is 3. The summed E-state index contributed by atoms with van der Waals surface area (Å²) in [5, 5.41) is 6.12. The maximum atomic E-state index is 12.2. The van der Waals surface area contributed by atoms with Crippen LogP contribution in [0.4, 0.5) is 0 Å². The minimum absolute atomic E-state index is 0.275. The predicted octanol–water partition coefficient (Wildman–Crippen LogP) is 2.62. The molecule has 0 unspecified atom stereocenters. The van der Waals surface area contributed by atoms with E-state index in [1.165, 1.54) is 18.5 Å². The van der Waals surface area contributed by atoms with Gasteiger partial charge in [-0.3, -0.25) is 14.6 Å². The first-order valence-corrected chi connectivity index (χ1v) is 7.84. The number of carbonyl (C=O) groups is 2. The van der Waals surface area contributed by atoms with Crippen LogP contribution >= 0.6 is 11.6 Å². The summed E-state index contributed by atoms with van der Waals surface area (Å²) in [5.41, 5.74) is 1.71. The first-order chi connectivity index (χ1) is 11.6. The average Bonchev–Trinajstić information content (AvgIpc) is 2.59. The smallest absolute Gasteiger partial charge is 0.253 e. The van der Waals surface area contributed by atoms with E-state index in [9.17, 15) is 9.59 Å². The van der Waals surface area contributed by atoms with Gasteiger partial charge < -0.3 is 10.6 Å². The number of pyridine rings is 1. The van der Waals surface area contributed by atoms with E-state index in [4.69, 9.17) is 11.6 Å². The number of benzene rings is 1. The minimum Gasteiger partial charge on any atom is -0.352 e. The van der Waals surface area contributed by atoms with E-state index in [0.717, 1.165) is 5.56 Å². The summed E-state index contributed by atoms with van der Waals surface area (Å²) in [5.74, 6) is -0.570. The molecule has 0 saturated heterocycles. The molecular formula is C18H18ClN3O2. The van der Waals surface area contributed by atoms with E-state index in [-0.39, 0.29) is 11.8 Å². The summed E-state index contributed by atoms with van der Waals surface area (Å²) in [6.45, 7) is 4.35. The molecule has 0 radical (unpaired) electrons. The lowest BCUT2D eigenvalue weighted by Crippen LogP contribution is -2.27. The number of nitrogens with one attached hydrogen (secondary N) is 2. The number of halogens is 1. The van der Waals surface area contributed by atoms with Gasteiger partial charge in [-0.25, -0.2) is 0 Å². The summed E-state index contributed by atoms with van der Waals surface area (Å²) in [6.07, 6.45) is 5.09. The summed E-state index contributed by atoms with van der Waals surface area (Å²) in [6, 6.07) is 9.00. The van der Waals surface area contributed by atoms with E-state index >= 15 is 0 Å². The Bertz CT molecular complexity index is 747. The summed E-state index contributed by atoms with van der Waals surface area (Å²) in [4.78, 5) is 28.0. The van der Waals surface area contributed by atoms with Crippen molar-refractivity contribution in [2.24, 2.45) is 0 Å². The Morgan fingerprint density at radius 2 is 1.83 bits per heavy atom. The molecule has 124 valence electrons. The molecule has 5 nitrogen and oxygen atoms in total. The maximum absolute atomic E-state index is 12.2. The lowest BCUT2D eigenvalue weighted by molar-refractivity contribution is 0.0953. The van der Waals surface area contributed by atoms with E-state index in [1.54, 1.807) is 12.1 Å². The highest BCUT2D eigenvalue weighted by atomic mass is 35.5. The molecule has 24 heavy (non-hydrogen) atoms. The number of carbonyl (C=O) groups excluding carboxylic acids is 2. The Morgan fingerprint density at radius 3 is 2.50 bits per heavy atom. The molecule has 0 aliphatic heterocycles. The molecule has 0 saturated carbocycles. The molecule has 0 fully saturated rings. The molecule has 2 amide bonds. The molecule has 1 aromatic carbocycles. The zero-order valence-electron chi connectivity index (χ0n) is 13.1. The number of amides is 2. The second-order valence-corrected chi connectivity index (χ2v) is 5.53. The first kappa shape index (κ1) is 17.7. The van der Waals surface area contributed by atoms with E-state index in [0.29, 0.717) is 35.7 Å². The van der Waals surface area contributed by atoms with Crippen LogP contribution in [0.15, 0.2) is 55.4 Å². The monoisotopic (exact) mass is 343 g/mol. The fourth-order valence-corrected chi connectivity index (χ4v) is 2.28. The number of rotatable bonds is 7. The Kier molecular flexibility index (Phi) is 6.51. The third-order valence-corrected chi connectivity index (χ3v) is 3.49. The molecule has 2 rings (SSSR count). The van der Waals surface area contributed by atoms with Gasteiger partial charge in [0.1, 0.15) is 0 Å². The van der Waals surface area contributed by atoms with Crippen molar-refractivity contribution in [1.29, 1.82) is 0 Å². The van der Waals surface area contributed by atoms with E-state index < -0.39 is 0 Å². The number of aromatic nitrogens is 1. The van der Waals surface area contributed by atoms with Crippen molar-refractivity contribution in [1.82, 2.24) is 15.6 Å². The van der Waals surface area contributed by atoms with Crippen molar-refractivity contribution in [2.45, 2.75) is 6.42 Å². The standard InChI is InChI=1S/C18H18ClN3O2/c1-2-7-21-17(23)14-10-15(12-20-11-14)18(24)22-8-6-13-4-3-5-16(19)9-13/h2-5,9-12H,1,6-8H2,(H,21,23)(H,22,24). The Balaban J connectivity index is 1.92. The van der Waals surface area contributed by atoms with Crippen LogP contribution in [0.2, 0.25) is 5.02 Å². The molecule has 6 heteroatoms. The van der Waals surface area contributed by atoms with E-state index in [1.807, 2.05) is 18.2 Å². The van der Waals surface area contributed by atoms with Gasteiger partial charge in [-0.2, -0.15) is 0 Å². The van der Waals surface area contributed by atoms with Crippen LogP contribution in [0, 0.1) is 0 Å². The average molecular weight is 344 g/mol. The number of nitrogens with zero attached hydrogens (tertiary/aromatic N) is 1. The van der Waals surface area contributed by atoms with Crippen LogP contribution < -0.4 is 10.6 Å². The molecule has 2 aromatic rings. The van der Waals surface area contributed by atoms with Crippen molar-refractivity contribution in [3.63, 3.8) is 0 Å². The van der Waals surface area contributed by atoms with Gasteiger partial charge in [-0.05, 0) is 30.2 Å². The highest BCUT2D eigenvalue weighted by molar-refractivity contribution is 6.30.